The van der Waals surface area contributed by atoms with E-state index in [-0.39, 0.29) is 36.3 Å². The summed E-state index contributed by atoms with van der Waals surface area (Å²) in [6.07, 6.45) is 12.7. The quantitative estimate of drug-likeness (QED) is 0.275. The molecular formula is C25H31ClO5. The molecule has 0 saturated heterocycles. The molecule has 0 amide bonds. The Kier molecular flexibility index (Phi) is 10.5. The van der Waals surface area contributed by atoms with Crippen LogP contribution in [0.3, 0.4) is 0 Å². The lowest BCUT2D eigenvalue weighted by Gasteiger charge is -2.14. The lowest BCUT2D eigenvalue weighted by molar-refractivity contribution is -0.147. The SMILES string of the molecule is CC(C)OC(=O)CCCC=CC[C@H]1C=CC(=O)[C@@H]1C=CC(O)COc1cccc(Cl)c1. The van der Waals surface area contributed by atoms with Gasteiger partial charge in [0.25, 0.3) is 0 Å². The predicted octanol–water partition coefficient (Wildman–Crippen LogP) is 5.08. The standard InChI is InChI=1S/C25H31ClO5/c1-18(2)31-25(29)11-6-4-3-5-8-19-12-15-24(28)23(19)14-13-21(27)17-30-22-10-7-9-20(26)16-22/h3,5,7,9-10,12-16,18-19,21,23,27H,4,6,8,11,17H2,1-2H3/t19-,21?,23+/m0/s1. The van der Waals surface area contributed by atoms with Crippen molar-refractivity contribution < 1.29 is 24.2 Å². The minimum atomic E-state index is -0.825. The van der Waals surface area contributed by atoms with Gasteiger partial charge in [0.05, 0.1) is 6.10 Å². The van der Waals surface area contributed by atoms with E-state index in [2.05, 4.69) is 0 Å². The molecule has 0 spiro atoms. The van der Waals surface area contributed by atoms with Crippen LogP contribution in [0.5, 0.6) is 5.75 Å². The van der Waals surface area contributed by atoms with E-state index in [4.69, 9.17) is 21.1 Å². The van der Waals surface area contributed by atoms with Crippen molar-refractivity contribution in [1.82, 2.24) is 0 Å². The van der Waals surface area contributed by atoms with Gasteiger partial charge in [-0.2, -0.15) is 0 Å². The number of unbranched alkanes of at least 4 members (excludes halogenated alkanes) is 1. The van der Waals surface area contributed by atoms with Crippen LogP contribution >= 0.6 is 11.6 Å². The van der Waals surface area contributed by atoms with Crippen molar-refractivity contribution in [3.8, 4) is 5.75 Å². The van der Waals surface area contributed by atoms with Gasteiger partial charge in [0.15, 0.2) is 5.78 Å². The van der Waals surface area contributed by atoms with E-state index in [1.807, 2.05) is 32.1 Å². The Hall–Kier alpha value is -2.37. The number of carbonyl (C=O) groups excluding carboxylic acids is 2. The van der Waals surface area contributed by atoms with Crippen LogP contribution in [0.15, 0.2) is 60.7 Å². The molecule has 0 saturated carbocycles. The lowest BCUT2D eigenvalue weighted by atomic mass is 9.91. The summed E-state index contributed by atoms with van der Waals surface area (Å²) < 4.78 is 10.6. The molecule has 31 heavy (non-hydrogen) atoms. The van der Waals surface area contributed by atoms with Gasteiger partial charge in [0.1, 0.15) is 18.5 Å². The minimum absolute atomic E-state index is 0.0361. The number of benzene rings is 1. The first-order valence-corrected chi connectivity index (χ1v) is 11.0. The topological polar surface area (TPSA) is 72.8 Å². The van der Waals surface area contributed by atoms with Crippen LogP contribution in [-0.4, -0.2) is 35.7 Å². The van der Waals surface area contributed by atoms with Gasteiger partial charge in [-0.15, -0.1) is 0 Å². The maximum atomic E-state index is 12.2. The first kappa shape index (κ1) is 24.9. The molecule has 1 aliphatic rings. The monoisotopic (exact) mass is 446 g/mol. The number of carbonyl (C=O) groups is 2. The molecule has 0 aliphatic heterocycles. The summed E-state index contributed by atoms with van der Waals surface area (Å²) in [6, 6.07) is 6.97. The zero-order valence-corrected chi connectivity index (χ0v) is 18.8. The molecule has 0 aromatic heterocycles. The summed E-state index contributed by atoms with van der Waals surface area (Å²) in [5, 5.41) is 10.7. The fraction of sp³-hybridized carbons (Fsp3) is 0.440. The Morgan fingerprint density at radius 1 is 1.29 bits per heavy atom. The second-order valence-electron chi connectivity index (χ2n) is 7.81. The fourth-order valence-electron chi connectivity index (χ4n) is 3.22. The van der Waals surface area contributed by atoms with E-state index >= 15 is 0 Å². The van der Waals surface area contributed by atoms with Crippen LogP contribution in [0.2, 0.25) is 5.02 Å². The highest BCUT2D eigenvalue weighted by molar-refractivity contribution is 6.30. The van der Waals surface area contributed by atoms with E-state index < -0.39 is 6.10 Å². The van der Waals surface area contributed by atoms with Crippen molar-refractivity contribution in [1.29, 1.82) is 0 Å². The van der Waals surface area contributed by atoms with Crippen LogP contribution in [-0.2, 0) is 14.3 Å². The molecule has 168 valence electrons. The zero-order valence-electron chi connectivity index (χ0n) is 18.1. The van der Waals surface area contributed by atoms with Gasteiger partial charge in [-0.1, -0.05) is 48.0 Å². The molecule has 0 fully saturated rings. The molecule has 1 unspecified atom stereocenters. The van der Waals surface area contributed by atoms with Crippen LogP contribution in [0, 0.1) is 11.8 Å². The Labute approximate surface area is 189 Å². The Morgan fingerprint density at radius 2 is 2.10 bits per heavy atom. The van der Waals surface area contributed by atoms with Crippen molar-refractivity contribution in [2.75, 3.05) is 6.61 Å². The molecule has 0 heterocycles. The predicted molar refractivity (Wildman–Crippen MR) is 122 cm³/mol. The van der Waals surface area contributed by atoms with Crippen LogP contribution in [0.25, 0.3) is 0 Å². The highest BCUT2D eigenvalue weighted by Crippen LogP contribution is 2.27. The van der Waals surface area contributed by atoms with Gasteiger partial charge in [0, 0.05) is 17.4 Å². The van der Waals surface area contributed by atoms with Crippen molar-refractivity contribution in [2.45, 2.75) is 51.7 Å². The number of rotatable bonds is 12. The summed E-state index contributed by atoms with van der Waals surface area (Å²) in [4.78, 5) is 23.7. The summed E-state index contributed by atoms with van der Waals surface area (Å²) in [5.41, 5.74) is 0. The molecule has 1 aromatic carbocycles. The molecular weight excluding hydrogens is 416 g/mol. The first-order valence-electron chi connectivity index (χ1n) is 10.7. The van der Waals surface area contributed by atoms with Gasteiger partial charge in [-0.05, 0) is 63.3 Å². The van der Waals surface area contributed by atoms with Crippen molar-refractivity contribution in [2.24, 2.45) is 11.8 Å². The van der Waals surface area contributed by atoms with Gasteiger partial charge >= 0.3 is 5.97 Å². The number of allylic oxidation sites excluding steroid dienone is 5. The summed E-state index contributed by atoms with van der Waals surface area (Å²) >= 11 is 5.91. The highest BCUT2D eigenvalue weighted by Gasteiger charge is 2.26. The second-order valence-corrected chi connectivity index (χ2v) is 8.25. The molecule has 3 atom stereocenters. The molecule has 1 aliphatic carbocycles. The zero-order chi connectivity index (χ0) is 22.6. The van der Waals surface area contributed by atoms with Gasteiger partial charge < -0.3 is 14.6 Å². The van der Waals surface area contributed by atoms with Crippen LogP contribution < -0.4 is 4.74 Å². The number of ether oxygens (including phenoxy) is 2. The van der Waals surface area contributed by atoms with Crippen molar-refractivity contribution >= 4 is 23.4 Å². The van der Waals surface area contributed by atoms with E-state index in [1.165, 1.54) is 0 Å². The second kappa shape index (κ2) is 13.1. The van der Waals surface area contributed by atoms with Crippen LogP contribution in [0.4, 0.5) is 0 Å². The van der Waals surface area contributed by atoms with E-state index in [9.17, 15) is 14.7 Å². The van der Waals surface area contributed by atoms with Gasteiger partial charge in [-0.3, -0.25) is 9.59 Å². The number of esters is 1. The maximum absolute atomic E-state index is 12.2. The first-order chi connectivity index (χ1) is 14.8. The summed E-state index contributed by atoms with van der Waals surface area (Å²) in [7, 11) is 0. The number of aliphatic hydroxyl groups is 1. The van der Waals surface area contributed by atoms with Gasteiger partial charge in [0.2, 0.25) is 0 Å². The molecule has 6 heteroatoms. The van der Waals surface area contributed by atoms with Crippen molar-refractivity contribution in [3.63, 3.8) is 0 Å². The van der Waals surface area contributed by atoms with Crippen LogP contribution in [0.1, 0.15) is 39.5 Å². The number of hydrogen-bond donors (Lipinski definition) is 1. The smallest absolute Gasteiger partial charge is 0.306 e. The fourth-order valence-corrected chi connectivity index (χ4v) is 3.40. The Balaban J connectivity index is 1.73. The number of hydrogen-bond acceptors (Lipinski definition) is 5. The Bertz CT molecular complexity index is 812. The van der Waals surface area contributed by atoms with Crippen molar-refractivity contribution in [3.05, 3.63) is 65.7 Å². The number of halogens is 1. The summed E-state index contributed by atoms with van der Waals surface area (Å²) in [6.45, 7) is 3.75. The number of aliphatic hydroxyl groups excluding tert-OH is 1. The molecule has 0 bridgehead atoms. The highest BCUT2D eigenvalue weighted by atomic mass is 35.5. The third-order valence-corrected chi connectivity index (χ3v) is 4.98. The Morgan fingerprint density at radius 3 is 2.84 bits per heavy atom. The molecule has 2 rings (SSSR count). The number of ketones is 1. The average molecular weight is 447 g/mol. The normalized spacial score (nSPS) is 19.6. The van der Waals surface area contributed by atoms with Gasteiger partial charge in [-0.25, -0.2) is 0 Å². The van der Waals surface area contributed by atoms with E-state index in [0.717, 1.165) is 19.3 Å². The van der Waals surface area contributed by atoms with E-state index in [0.29, 0.717) is 17.2 Å². The molecule has 1 N–H and O–H groups in total. The maximum Gasteiger partial charge on any atom is 0.306 e. The molecule has 5 nitrogen and oxygen atoms in total. The third-order valence-electron chi connectivity index (χ3n) is 4.75. The van der Waals surface area contributed by atoms with E-state index in [1.54, 1.807) is 42.5 Å². The minimum Gasteiger partial charge on any atom is -0.491 e. The summed E-state index contributed by atoms with van der Waals surface area (Å²) in [5.74, 6) is 0.224. The molecule has 0 radical (unpaired) electrons. The molecule has 1 aromatic rings. The largest absolute Gasteiger partial charge is 0.491 e. The third kappa shape index (κ3) is 9.53. The average Bonchev–Trinajstić information content (AvgIpc) is 3.06. The lowest BCUT2D eigenvalue weighted by Crippen LogP contribution is -2.17.